The van der Waals surface area contributed by atoms with Gasteiger partial charge in [-0.2, -0.15) is 0 Å². The van der Waals surface area contributed by atoms with Gasteiger partial charge in [0.05, 0.1) is 57.6 Å². The summed E-state index contributed by atoms with van der Waals surface area (Å²) in [5.74, 6) is 0.951. The highest BCUT2D eigenvalue weighted by Gasteiger charge is 2.50. The standard InChI is InChI=1S/C15H25N2O4P.C15H25N2O3P.C14H22BrN2O3P.C14H22IN2O3P.C14H23N2O5P/c1-10-16-12(18)6-8-17(10)15-14(20-2)13(19)11(21-15)7-9-22(3,4)5;1-10-14(19)12(7-9-21(3,4)5)20-15(10)17-8-6-13(18)16-11(17)2;2*1-9-16-11(18)5-7-17(9)14-12(15)13(19)10(20-14)6-8-21(2,3)4;1-15-10(17)5-7-16(14(15)20)13-12(19)11(18)9(21-13)6-8-22(2,3)4/h6,8,11,13-15,19H,1,3,7,9H2,2,4-5H3,(H,16,18);6,8,10,12,14-15,19H,2-3,7,9H2,1,4-5H3,(H,16,18);2*5,7,10,12-14,19H,1-2,6,8H2,3-4H3,(H,16,18);5,7,9,11-13,18-19H,2,6,8H2,1,3-4H3/t11-,13-,14-,15-;10-,12-,14?,15-;10-,12-,13-,14?;10-,12-,13-,14-;9-,11-,12-,13-/m11111/s1. The molecule has 602 valence electrons. The van der Waals surface area contributed by atoms with Crippen molar-refractivity contribution >= 4 is 128 Å². The van der Waals surface area contributed by atoms with E-state index in [1.54, 1.807) is 51.5 Å². The van der Waals surface area contributed by atoms with Crippen LogP contribution in [0, 0.1) is 5.92 Å². The van der Waals surface area contributed by atoms with Crippen LogP contribution in [0.5, 0.6) is 0 Å². The molecule has 10 heterocycles. The molecule has 10 rings (SSSR count). The zero-order valence-electron chi connectivity index (χ0n) is 64.0. The quantitative estimate of drug-likeness (QED) is 0.0475. The fraction of sp³-hybridized carbons (Fsp3) is 0.597. The van der Waals surface area contributed by atoms with Gasteiger partial charge in [-0.05, 0) is 130 Å². The van der Waals surface area contributed by atoms with Crippen molar-refractivity contribution in [2.75, 3.05) is 105 Å². The Morgan fingerprint density at radius 2 is 0.766 bits per heavy atom. The van der Waals surface area contributed by atoms with E-state index in [-0.39, 0.29) is 81.4 Å². The topological polar surface area (TPSA) is 350 Å². The number of nitrogens with one attached hydrogen (secondary N) is 4. The van der Waals surface area contributed by atoms with E-state index in [1.165, 1.54) is 43.6 Å². The monoisotopic (exact) mass is 1770 g/mol. The van der Waals surface area contributed by atoms with Gasteiger partial charge in [-0.3, -0.25) is 33.1 Å². The molecule has 0 spiro atoms. The Kier molecular flexibility index (Phi) is 33.1. The number of carbonyl (C=O) groups is 4. The van der Waals surface area contributed by atoms with Crippen molar-refractivity contribution in [1.82, 2.24) is 50.0 Å². The largest absolute Gasteiger partial charge is 0.390 e. The van der Waals surface area contributed by atoms with Gasteiger partial charge in [0.2, 0.25) is 0 Å². The van der Waals surface area contributed by atoms with Gasteiger partial charge in [-0.15, -0.1) is 65.9 Å². The second-order valence-electron chi connectivity index (χ2n) is 31.5. The van der Waals surface area contributed by atoms with Crippen molar-refractivity contribution in [1.29, 1.82) is 0 Å². The summed E-state index contributed by atoms with van der Waals surface area (Å²) in [5.41, 5.74) is -1.02. The lowest BCUT2D eigenvalue weighted by molar-refractivity contribution is -0.119. The summed E-state index contributed by atoms with van der Waals surface area (Å²) < 4.78 is 37.1. The van der Waals surface area contributed by atoms with Gasteiger partial charge in [0.1, 0.15) is 60.2 Å². The molecule has 107 heavy (non-hydrogen) atoms. The van der Waals surface area contributed by atoms with Gasteiger partial charge in [0.25, 0.3) is 29.2 Å². The number of halogens is 2. The molecular weight excluding hydrogens is 1650 g/mol. The number of carbonyl (C=O) groups excluding carboxylic acids is 4. The van der Waals surface area contributed by atoms with Crippen LogP contribution in [-0.2, 0) is 54.6 Å². The molecular formula is C72H117BrIN10O18P5. The highest BCUT2D eigenvalue weighted by molar-refractivity contribution is 14.1. The number of aliphatic hydroxyl groups is 6. The summed E-state index contributed by atoms with van der Waals surface area (Å²) in [5, 5.41) is 72.4. The molecule has 20 atom stereocenters. The van der Waals surface area contributed by atoms with Crippen LogP contribution in [-0.4, -0.2) is 326 Å². The molecule has 0 radical (unpaired) electrons. The fourth-order valence-corrected chi connectivity index (χ4v) is 18.9. The van der Waals surface area contributed by atoms with Gasteiger partial charge in [0, 0.05) is 81.4 Å². The average molecular weight is 1770 g/mol. The Bertz CT molecular complexity index is 3700. The molecule has 0 aromatic carbocycles. The molecule has 5 fully saturated rings. The Morgan fingerprint density at radius 1 is 0.458 bits per heavy atom. The molecule has 2 unspecified atom stereocenters. The highest BCUT2D eigenvalue weighted by Crippen LogP contribution is 2.45. The second-order valence-corrected chi connectivity index (χ2v) is 55.6. The van der Waals surface area contributed by atoms with Crippen LogP contribution in [0.25, 0.3) is 0 Å². The predicted octanol–water partition coefficient (Wildman–Crippen LogP) is 3.84. The van der Waals surface area contributed by atoms with Crippen molar-refractivity contribution in [3.05, 3.63) is 132 Å². The number of aromatic nitrogens is 2. The zero-order valence-corrected chi connectivity index (χ0v) is 72.2. The molecule has 5 saturated heterocycles. The Balaban J connectivity index is 0.000000209. The van der Waals surface area contributed by atoms with E-state index >= 15 is 0 Å². The molecule has 0 bridgehead atoms. The van der Waals surface area contributed by atoms with Crippen molar-refractivity contribution in [2.45, 2.75) is 152 Å². The molecule has 35 heteroatoms. The molecule has 4 amide bonds. The number of hydrogen-bond acceptors (Lipinski definition) is 22. The van der Waals surface area contributed by atoms with Gasteiger partial charge < -0.3 is 99.9 Å². The van der Waals surface area contributed by atoms with Crippen LogP contribution in [0.15, 0.2) is 121 Å². The van der Waals surface area contributed by atoms with E-state index in [4.69, 9.17) is 28.4 Å². The number of nitrogens with zero attached hydrogens (tertiary/aromatic N) is 6. The van der Waals surface area contributed by atoms with E-state index in [1.807, 2.05) is 6.92 Å². The van der Waals surface area contributed by atoms with E-state index in [0.717, 1.165) is 65.6 Å². The number of alkyl halides is 2. The lowest BCUT2D eigenvalue weighted by Gasteiger charge is -2.33. The minimum atomic E-state index is -1.27. The number of hydrogen-bond donors (Lipinski definition) is 10. The normalized spacial score (nSPS) is 32.3. The summed E-state index contributed by atoms with van der Waals surface area (Å²) in [6.07, 6.45) is 33.6. The van der Waals surface area contributed by atoms with Gasteiger partial charge in [0.15, 0.2) is 18.7 Å². The zero-order chi connectivity index (χ0) is 80.5. The SMILES string of the molecule is C=C1NC(=O)C=CN1C1O[C@H](CCP(=C)(C)C)[C@@H](O)[C@H]1Br.C=C1NC(=O)C=CN1[C@@H]1O[C@H](CCP(=C)(C)C)C(O)[C@H]1C.C=C1NC(=O)C=CN1[C@@H]1O[C@H](CCP(=C)(C)C)[C@@H](O)[C@H]1I.C=C1NC(=O)C=CN1[C@@H]1O[C@H](CCP(=C)(C)C)[C@@H](O)[C@H]1OC.C=P(C)(C)CC[C@H]1O[C@@H](n2ccc(=O)n(C)c2=O)[C@H](O)[C@@H]1O. The maximum Gasteiger partial charge on any atom is 0.332 e. The van der Waals surface area contributed by atoms with E-state index < -0.39 is 107 Å². The minimum absolute atomic E-state index is 0.0577. The molecule has 0 aliphatic carbocycles. The number of aliphatic hydroxyl groups excluding tert-OH is 6. The van der Waals surface area contributed by atoms with Crippen LogP contribution < -0.4 is 32.5 Å². The van der Waals surface area contributed by atoms with Crippen molar-refractivity contribution in [3.63, 3.8) is 0 Å². The van der Waals surface area contributed by atoms with E-state index in [0.29, 0.717) is 29.7 Å². The highest BCUT2D eigenvalue weighted by atomic mass is 127. The first kappa shape index (κ1) is 91.8. The summed E-state index contributed by atoms with van der Waals surface area (Å²) in [6, 6.07) is 1.22. The first-order valence-corrected chi connectivity index (χ1v) is 52.5. The summed E-state index contributed by atoms with van der Waals surface area (Å²) in [4.78, 5) is 75.4. The van der Waals surface area contributed by atoms with Crippen molar-refractivity contribution in [3.8, 4) is 0 Å². The maximum atomic E-state index is 12.1. The molecule has 1 aromatic heterocycles. The number of rotatable bonds is 21. The van der Waals surface area contributed by atoms with Gasteiger partial charge >= 0.3 is 5.69 Å². The van der Waals surface area contributed by atoms with Gasteiger partial charge in [-0.1, -0.05) is 71.8 Å². The van der Waals surface area contributed by atoms with Crippen LogP contribution in [0.3, 0.4) is 0 Å². The molecule has 0 saturated carbocycles. The van der Waals surface area contributed by atoms with Crippen LogP contribution >= 0.6 is 73.0 Å². The molecule has 28 nitrogen and oxygen atoms in total. The van der Waals surface area contributed by atoms with Crippen molar-refractivity contribution in [2.24, 2.45) is 13.0 Å². The first-order valence-electron chi connectivity index (χ1n) is 35.1. The van der Waals surface area contributed by atoms with E-state index in [2.05, 4.69) is 184 Å². The van der Waals surface area contributed by atoms with E-state index in [9.17, 15) is 59.4 Å². The number of amides is 4. The number of ether oxygens (including phenoxy) is 6. The minimum Gasteiger partial charge on any atom is -0.390 e. The lowest BCUT2D eigenvalue weighted by Crippen LogP contribution is -2.47. The van der Waals surface area contributed by atoms with Crippen LogP contribution in [0.4, 0.5) is 0 Å². The van der Waals surface area contributed by atoms with Crippen LogP contribution in [0.2, 0.25) is 0 Å². The summed E-state index contributed by atoms with van der Waals surface area (Å²) in [6.45, 7) is 32.9. The fourth-order valence-electron chi connectivity index (χ4n) is 12.5. The van der Waals surface area contributed by atoms with Crippen LogP contribution in [0.1, 0.15) is 45.3 Å². The van der Waals surface area contributed by atoms with Gasteiger partial charge in [-0.25, -0.2) is 4.79 Å². The molecule has 1 aromatic rings. The lowest BCUT2D eigenvalue weighted by atomic mass is 10.00. The smallest absolute Gasteiger partial charge is 0.332 e. The number of methoxy groups -OCH3 is 1. The average Bonchev–Trinajstić information content (AvgIpc) is 1.66. The Labute approximate surface area is 653 Å². The third kappa shape index (κ3) is 26.2. The summed E-state index contributed by atoms with van der Waals surface area (Å²) >= 11 is 5.70. The second kappa shape index (κ2) is 38.6. The molecule has 9 aliphatic heterocycles. The molecule has 9 aliphatic rings. The molecule has 10 N–H and O–H groups in total. The first-order chi connectivity index (χ1) is 49.4. The predicted molar refractivity (Wildman–Crippen MR) is 451 cm³/mol. The Hall–Kier alpha value is -4.09. The summed E-state index contributed by atoms with van der Waals surface area (Å²) in [7, 11) is 2.89. The third-order valence-corrected chi connectivity index (χ3v) is 28.4. The maximum absolute atomic E-state index is 12.1. The third-order valence-electron chi connectivity index (χ3n) is 18.7. The van der Waals surface area contributed by atoms with Crippen molar-refractivity contribution < 1.29 is 78.2 Å². The Morgan fingerprint density at radius 3 is 1.15 bits per heavy atom.